The summed E-state index contributed by atoms with van der Waals surface area (Å²) in [6, 6.07) is 18.4. The average Bonchev–Trinajstić information content (AvgIpc) is 2.40. The molecule has 0 amide bonds. The van der Waals surface area contributed by atoms with E-state index in [0.29, 0.717) is 0 Å². The lowest BCUT2D eigenvalue weighted by Gasteiger charge is -2.16. The summed E-state index contributed by atoms with van der Waals surface area (Å²) in [7, 11) is 0. The van der Waals surface area contributed by atoms with Crippen molar-refractivity contribution in [2.24, 2.45) is 0 Å². The van der Waals surface area contributed by atoms with Crippen molar-refractivity contribution in [3.8, 4) is 16.9 Å². The quantitative estimate of drug-likeness (QED) is 0.751. The van der Waals surface area contributed by atoms with E-state index in [1.165, 1.54) is 5.56 Å². The molecule has 0 fully saturated rings. The molecule has 1 atom stereocenters. The van der Waals surface area contributed by atoms with Gasteiger partial charge in [0.1, 0.15) is 5.75 Å². The maximum absolute atomic E-state index is 5.89. The van der Waals surface area contributed by atoms with Crippen LogP contribution in [0.25, 0.3) is 11.1 Å². The van der Waals surface area contributed by atoms with Crippen molar-refractivity contribution in [2.45, 2.75) is 19.4 Å². The molecule has 17 heavy (non-hydrogen) atoms. The summed E-state index contributed by atoms with van der Waals surface area (Å²) in [5.74, 6) is 0.926. The van der Waals surface area contributed by atoms with Crippen molar-refractivity contribution in [1.29, 1.82) is 0 Å². The molecule has 2 rings (SSSR count). The highest BCUT2D eigenvalue weighted by Crippen LogP contribution is 2.30. The molecule has 0 N–H and O–H groups in total. The molecule has 87 valence electrons. The van der Waals surface area contributed by atoms with Crippen LogP contribution in [-0.4, -0.2) is 6.10 Å². The Kier molecular flexibility index (Phi) is 3.81. The molecule has 0 aliphatic rings. The average molecular weight is 225 g/mol. The predicted molar refractivity (Wildman–Crippen MR) is 71.9 cm³/mol. The highest BCUT2D eigenvalue weighted by Gasteiger charge is 2.07. The number of hydrogen-bond donors (Lipinski definition) is 0. The van der Waals surface area contributed by atoms with Crippen molar-refractivity contribution in [3.05, 3.63) is 61.5 Å². The molecule has 1 heteroatoms. The molecular weight excluding hydrogens is 208 g/mol. The molecule has 2 aromatic rings. The van der Waals surface area contributed by atoms with Crippen molar-refractivity contribution >= 4 is 0 Å². The van der Waals surface area contributed by atoms with Crippen LogP contribution >= 0.6 is 0 Å². The molecule has 0 aromatic heterocycles. The fourth-order valence-corrected chi connectivity index (χ4v) is 1.70. The Labute approximate surface area is 103 Å². The summed E-state index contributed by atoms with van der Waals surface area (Å²) in [6.45, 7) is 5.90. The first-order chi connectivity index (χ1) is 8.31. The first kappa shape index (κ1) is 11.7. The third-order valence-electron chi connectivity index (χ3n) is 2.71. The van der Waals surface area contributed by atoms with Gasteiger partial charge in [0.25, 0.3) is 0 Å². The molecule has 0 heterocycles. The van der Waals surface area contributed by atoms with Crippen molar-refractivity contribution in [3.63, 3.8) is 0 Å². The fraction of sp³-hybridized carbons (Fsp3) is 0.188. The van der Waals surface area contributed by atoms with Gasteiger partial charge in [-0.05, 0) is 31.9 Å². The van der Waals surface area contributed by atoms with Crippen LogP contribution in [0.1, 0.15) is 13.3 Å². The highest BCUT2D eigenvalue weighted by molar-refractivity contribution is 5.70. The van der Waals surface area contributed by atoms with Gasteiger partial charge in [-0.1, -0.05) is 48.5 Å². The number of benzene rings is 2. The number of para-hydroxylation sites is 1. The van der Waals surface area contributed by atoms with E-state index in [9.17, 15) is 0 Å². The minimum Gasteiger partial charge on any atom is -0.490 e. The Morgan fingerprint density at radius 3 is 2.35 bits per heavy atom. The molecule has 1 radical (unpaired) electrons. The first-order valence-corrected chi connectivity index (χ1v) is 5.91. The summed E-state index contributed by atoms with van der Waals surface area (Å²) < 4.78 is 5.89. The van der Waals surface area contributed by atoms with Gasteiger partial charge in [0.2, 0.25) is 0 Å². The maximum atomic E-state index is 5.89. The van der Waals surface area contributed by atoms with Crippen LogP contribution in [0.4, 0.5) is 0 Å². The number of hydrogen-bond acceptors (Lipinski definition) is 1. The molecule has 0 aliphatic heterocycles. The normalized spacial score (nSPS) is 12.1. The second-order valence-electron chi connectivity index (χ2n) is 4.08. The van der Waals surface area contributed by atoms with E-state index in [0.717, 1.165) is 17.7 Å². The van der Waals surface area contributed by atoms with E-state index in [-0.39, 0.29) is 6.10 Å². The topological polar surface area (TPSA) is 9.23 Å². The SMILES string of the molecule is [CH2]CC(C)Oc1ccccc1-c1ccccc1. The minimum atomic E-state index is 0.139. The maximum Gasteiger partial charge on any atom is 0.127 e. The van der Waals surface area contributed by atoms with Crippen LogP contribution < -0.4 is 4.74 Å². The summed E-state index contributed by atoms with van der Waals surface area (Å²) in [4.78, 5) is 0. The zero-order chi connectivity index (χ0) is 12.1. The predicted octanol–water partition coefficient (Wildman–Crippen LogP) is 4.35. The Hall–Kier alpha value is -1.76. The van der Waals surface area contributed by atoms with Gasteiger partial charge in [0.15, 0.2) is 0 Å². The van der Waals surface area contributed by atoms with E-state index in [1.54, 1.807) is 0 Å². The van der Waals surface area contributed by atoms with Crippen molar-refractivity contribution < 1.29 is 4.74 Å². The van der Waals surface area contributed by atoms with E-state index >= 15 is 0 Å². The first-order valence-electron chi connectivity index (χ1n) is 5.91. The third kappa shape index (κ3) is 2.88. The fourth-order valence-electron chi connectivity index (χ4n) is 1.70. The Morgan fingerprint density at radius 2 is 1.65 bits per heavy atom. The number of rotatable bonds is 4. The zero-order valence-electron chi connectivity index (χ0n) is 10.1. The molecule has 0 spiro atoms. The standard InChI is InChI=1S/C16H17O/c1-3-13(2)17-16-12-8-7-11-15(16)14-9-5-4-6-10-14/h4-13H,1,3H2,2H3. The van der Waals surface area contributed by atoms with Gasteiger partial charge >= 0.3 is 0 Å². The third-order valence-corrected chi connectivity index (χ3v) is 2.71. The lowest BCUT2D eigenvalue weighted by Crippen LogP contribution is -2.10. The van der Waals surface area contributed by atoms with E-state index in [1.807, 2.05) is 43.3 Å². The Balaban J connectivity index is 2.34. The molecule has 0 saturated heterocycles. The van der Waals surface area contributed by atoms with Crippen LogP contribution in [0.5, 0.6) is 5.75 Å². The van der Waals surface area contributed by atoms with Gasteiger partial charge in [0, 0.05) is 5.56 Å². The van der Waals surface area contributed by atoms with Gasteiger partial charge in [0.05, 0.1) is 6.10 Å². The van der Waals surface area contributed by atoms with Crippen LogP contribution in [0.3, 0.4) is 0 Å². The van der Waals surface area contributed by atoms with Crippen molar-refractivity contribution in [2.75, 3.05) is 0 Å². The largest absolute Gasteiger partial charge is 0.490 e. The number of ether oxygens (including phenoxy) is 1. The van der Waals surface area contributed by atoms with Crippen LogP contribution in [0, 0.1) is 6.92 Å². The summed E-state index contributed by atoms with van der Waals surface area (Å²) in [5, 5.41) is 0. The van der Waals surface area contributed by atoms with Gasteiger partial charge in [-0.3, -0.25) is 0 Å². The molecule has 0 bridgehead atoms. The summed E-state index contributed by atoms with van der Waals surface area (Å²) in [5.41, 5.74) is 2.31. The molecule has 1 unspecified atom stereocenters. The molecule has 0 saturated carbocycles. The van der Waals surface area contributed by atoms with Gasteiger partial charge in [-0.15, -0.1) is 0 Å². The summed E-state index contributed by atoms with van der Waals surface area (Å²) in [6.07, 6.45) is 0.906. The second kappa shape index (κ2) is 5.53. The molecule has 2 aromatic carbocycles. The molecule has 1 nitrogen and oxygen atoms in total. The second-order valence-corrected chi connectivity index (χ2v) is 4.08. The smallest absolute Gasteiger partial charge is 0.127 e. The van der Waals surface area contributed by atoms with Crippen LogP contribution in [0.15, 0.2) is 54.6 Å². The zero-order valence-corrected chi connectivity index (χ0v) is 10.1. The van der Waals surface area contributed by atoms with E-state index in [2.05, 4.69) is 25.1 Å². The van der Waals surface area contributed by atoms with Gasteiger partial charge in [-0.2, -0.15) is 0 Å². The van der Waals surface area contributed by atoms with Gasteiger partial charge < -0.3 is 4.74 Å². The highest BCUT2D eigenvalue weighted by atomic mass is 16.5. The summed E-state index contributed by atoms with van der Waals surface area (Å²) >= 11 is 0. The molecular formula is C16H17O. The lowest BCUT2D eigenvalue weighted by atomic mass is 10.0. The Bertz CT molecular complexity index is 462. The van der Waals surface area contributed by atoms with E-state index < -0.39 is 0 Å². The monoisotopic (exact) mass is 225 g/mol. The van der Waals surface area contributed by atoms with Crippen LogP contribution in [-0.2, 0) is 0 Å². The van der Waals surface area contributed by atoms with Gasteiger partial charge in [-0.25, -0.2) is 0 Å². The molecule has 0 aliphatic carbocycles. The van der Waals surface area contributed by atoms with Crippen LogP contribution in [0.2, 0.25) is 0 Å². The van der Waals surface area contributed by atoms with E-state index in [4.69, 9.17) is 4.74 Å². The Morgan fingerprint density at radius 1 is 1.00 bits per heavy atom. The van der Waals surface area contributed by atoms with Crippen molar-refractivity contribution in [1.82, 2.24) is 0 Å². The minimum absolute atomic E-state index is 0.139. The lowest BCUT2D eigenvalue weighted by molar-refractivity contribution is 0.225.